The SMILES string of the molecule is NC1CCCC(F)(c2ccc3cccnc3c2)C1. The molecule has 0 aliphatic heterocycles. The maximum atomic E-state index is 15.0. The smallest absolute Gasteiger partial charge is 0.137 e. The van der Waals surface area contributed by atoms with Gasteiger partial charge in [-0.25, -0.2) is 4.39 Å². The molecule has 0 bridgehead atoms. The van der Waals surface area contributed by atoms with Crippen LogP contribution in [0.2, 0.25) is 0 Å². The van der Waals surface area contributed by atoms with E-state index in [2.05, 4.69) is 4.98 Å². The Morgan fingerprint density at radius 1 is 1.33 bits per heavy atom. The quantitative estimate of drug-likeness (QED) is 0.836. The largest absolute Gasteiger partial charge is 0.328 e. The topological polar surface area (TPSA) is 38.9 Å². The summed E-state index contributed by atoms with van der Waals surface area (Å²) in [6.45, 7) is 0. The van der Waals surface area contributed by atoms with E-state index in [1.165, 1.54) is 0 Å². The second-order valence-electron chi connectivity index (χ2n) is 5.23. The van der Waals surface area contributed by atoms with Crippen LogP contribution in [0.5, 0.6) is 0 Å². The molecule has 1 aromatic carbocycles. The van der Waals surface area contributed by atoms with Crippen LogP contribution < -0.4 is 5.73 Å². The number of nitrogens with zero attached hydrogens (tertiary/aromatic N) is 1. The van der Waals surface area contributed by atoms with E-state index < -0.39 is 5.67 Å². The van der Waals surface area contributed by atoms with Gasteiger partial charge in [0.05, 0.1) is 5.52 Å². The Hall–Kier alpha value is -1.48. The van der Waals surface area contributed by atoms with Gasteiger partial charge in [-0.15, -0.1) is 0 Å². The zero-order valence-electron chi connectivity index (χ0n) is 10.3. The van der Waals surface area contributed by atoms with Crippen LogP contribution in [-0.2, 0) is 5.67 Å². The summed E-state index contributed by atoms with van der Waals surface area (Å²) in [4.78, 5) is 4.29. The first-order chi connectivity index (χ1) is 8.67. The normalized spacial score (nSPS) is 28.4. The molecule has 0 saturated heterocycles. The lowest BCUT2D eigenvalue weighted by molar-refractivity contribution is 0.0949. The van der Waals surface area contributed by atoms with E-state index >= 15 is 0 Å². The van der Waals surface area contributed by atoms with Gasteiger partial charge in [-0.05, 0) is 37.0 Å². The van der Waals surface area contributed by atoms with Gasteiger partial charge in [0.2, 0.25) is 0 Å². The van der Waals surface area contributed by atoms with Crippen molar-refractivity contribution in [3.05, 3.63) is 42.1 Å². The fourth-order valence-corrected chi connectivity index (χ4v) is 2.87. The first kappa shape index (κ1) is 11.6. The molecule has 0 spiro atoms. The minimum atomic E-state index is -1.27. The van der Waals surface area contributed by atoms with Crippen molar-refractivity contribution >= 4 is 10.9 Å². The van der Waals surface area contributed by atoms with Gasteiger partial charge in [0.25, 0.3) is 0 Å². The summed E-state index contributed by atoms with van der Waals surface area (Å²) in [5.41, 5.74) is 6.21. The number of rotatable bonds is 1. The Morgan fingerprint density at radius 3 is 3.06 bits per heavy atom. The number of hydrogen-bond acceptors (Lipinski definition) is 2. The average Bonchev–Trinajstić information content (AvgIpc) is 2.38. The van der Waals surface area contributed by atoms with Crippen molar-refractivity contribution < 1.29 is 4.39 Å². The third-order valence-electron chi connectivity index (χ3n) is 3.86. The molecule has 1 fully saturated rings. The van der Waals surface area contributed by atoms with E-state index in [1.54, 1.807) is 6.20 Å². The molecule has 1 aliphatic carbocycles. The first-order valence-corrected chi connectivity index (χ1v) is 6.47. The minimum Gasteiger partial charge on any atom is -0.328 e. The van der Waals surface area contributed by atoms with Crippen molar-refractivity contribution in [3.8, 4) is 0 Å². The van der Waals surface area contributed by atoms with E-state index in [0.717, 1.165) is 29.3 Å². The molecule has 18 heavy (non-hydrogen) atoms. The molecule has 2 aromatic rings. The number of aromatic nitrogens is 1. The van der Waals surface area contributed by atoms with Gasteiger partial charge in [-0.1, -0.05) is 18.2 Å². The Morgan fingerprint density at radius 2 is 2.22 bits per heavy atom. The highest BCUT2D eigenvalue weighted by molar-refractivity contribution is 5.79. The van der Waals surface area contributed by atoms with Gasteiger partial charge >= 0.3 is 0 Å². The van der Waals surface area contributed by atoms with Crippen LogP contribution in [0.3, 0.4) is 0 Å². The lowest BCUT2D eigenvalue weighted by Crippen LogP contribution is -2.36. The van der Waals surface area contributed by atoms with E-state index in [1.807, 2.05) is 30.3 Å². The highest BCUT2D eigenvalue weighted by Gasteiger charge is 2.36. The van der Waals surface area contributed by atoms with Gasteiger partial charge in [0.15, 0.2) is 0 Å². The fraction of sp³-hybridized carbons (Fsp3) is 0.400. The molecule has 1 saturated carbocycles. The van der Waals surface area contributed by atoms with Crippen LogP contribution in [0.4, 0.5) is 4.39 Å². The molecule has 1 aromatic heterocycles. The summed E-state index contributed by atoms with van der Waals surface area (Å²) >= 11 is 0. The summed E-state index contributed by atoms with van der Waals surface area (Å²) in [7, 11) is 0. The summed E-state index contributed by atoms with van der Waals surface area (Å²) in [6, 6.07) is 9.55. The van der Waals surface area contributed by atoms with E-state index in [9.17, 15) is 4.39 Å². The van der Waals surface area contributed by atoms with E-state index in [-0.39, 0.29) is 6.04 Å². The molecule has 2 unspecified atom stereocenters. The lowest BCUT2D eigenvalue weighted by atomic mass is 9.79. The second-order valence-corrected chi connectivity index (χ2v) is 5.23. The van der Waals surface area contributed by atoms with Gasteiger partial charge in [0, 0.05) is 24.0 Å². The van der Waals surface area contributed by atoms with E-state index in [4.69, 9.17) is 5.73 Å². The Balaban J connectivity index is 2.02. The number of fused-ring (bicyclic) bond motifs is 1. The highest BCUT2D eigenvalue weighted by Crippen LogP contribution is 2.40. The molecule has 0 amide bonds. The Kier molecular flexibility index (Phi) is 2.78. The molecular formula is C15H17FN2. The average molecular weight is 244 g/mol. The first-order valence-electron chi connectivity index (χ1n) is 6.47. The van der Waals surface area contributed by atoms with Crippen molar-refractivity contribution in [1.29, 1.82) is 0 Å². The predicted octanol–water partition coefficient (Wildman–Crippen LogP) is 3.30. The van der Waals surface area contributed by atoms with Gasteiger partial charge < -0.3 is 5.73 Å². The molecule has 94 valence electrons. The lowest BCUT2D eigenvalue weighted by Gasteiger charge is -2.33. The zero-order valence-corrected chi connectivity index (χ0v) is 10.3. The molecule has 3 rings (SSSR count). The van der Waals surface area contributed by atoms with E-state index in [0.29, 0.717) is 12.8 Å². The summed E-state index contributed by atoms with van der Waals surface area (Å²) < 4.78 is 15.0. The standard InChI is InChI=1S/C15H17FN2/c16-15(7-1-4-13(17)10-15)12-6-5-11-3-2-8-18-14(11)9-12/h2-3,5-6,8-9,13H,1,4,7,10,17H2. The molecule has 0 radical (unpaired) electrons. The van der Waals surface area contributed by atoms with Crippen LogP contribution in [0.25, 0.3) is 10.9 Å². The maximum Gasteiger partial charge on any atom is 0.137 e. The molecule has 1 aliphatic rings. The van der Waals surface area contributed by atoms with Crippen LogP contribution >= 0.6 is 0 Å². The third kappa shape index (κ3) is 1.99. The van der Waals surface area contributed by atoms with Gasteiger partial charge in [-0.2, -0.15) is 0 Å². The maximum absolute atomic E-state index is 15.0. The predicted molar refractivity (Wildman–Crippen MR) is 71.0 cm³/mol. The fourth-order valence-electron chi connectivity index (χ4n) is 2.87. The number of halogens is 1. The van der Waals surface area contributed by atoms with Crippen molar-refractivity contribution in [2.24, 2.45) is 5.73 Å². The summed E-state index contributed by atoms with van der Waals surface area (Å²) in [5.74, 6) is 0. The zero-order chi connectivity index (χ0) is 12.6. The van der Waals surface area contributed by atoms with Gasteiger partial charge in [0.1, 0.15) is 5.67 Å². The number of benzene rings is 1. The van der Waals surface area contributed by atoms with Crippen LogP contribution in [-0.4, -0.2) is 11.0 Å². The molecular weight excluding hydrogens is 227 g/mol. The van der Waals surface area contributed by atoms with Crippen molar-refractivity contribution in [1.82, 2.24) is 4.98 Å². The molecule has 2 atom stereocenters. The molecule has 1 heterocycles. The highest BCUT2D eigenvalue weighted by atomic mass is 19.1. The Labute approximate surface area is 106 Å². The van der Waals surface area contributed by atoms with Crippen LogP contribution in [0.1, 0.15) is 31.2 Å². The second kappa shape index (κ2) is 4.32. The number of alkyl halides is 1. The Bertz CT molecular complexity index is 569. The molecule has 2 N–H and O–H groups in total. The number of pyridine rings is 1. The van der Waals surface area contributed by atoms with Crippen molar-refractivity contribution in [2.45, 2.75) is 37.4 Å². The van der Waals surface area contributed by atoms with Crippen LogP contribution in [0.15, 0.2) is 36.5 Å². The van der Waals surface area contributed by atoms with Crippen molar-refractivity contribution in [2.75, 3.05) is 0 Å². The van der Waals surface area contributed by atoms with Gasteiger partial charge in [-0.3, -0.25) is 4.98 Å². The monoisotopic (exact) mass is 244 g/mol. The van der Waals surface area contributed by atoms with Crippen molar-refractivity contribution in [3.63, 3.8) is 0 Å². The molecule has 3 heteroatoms. The van der Waals surface area contributed by atoms with Crippen LogP contribution in [0, 0.1) is 0 Å². The number of hydrogen-bond donors (Lipinski definition) is 1. The molecule has 2 nitrogen and oxygen atoms in total. The minimum absolute atomic E-state index is 0.0248. The third-order valence-corrected chi connectivity index (χ3v) is 3.86. The summed E-state index contributed by atoms with van der Waals surface area (Å²) in [6.07, 6.45) is 4.52. The number of nitrogens with two attached hydrogens (primary N) is 1. The summed E-state index contributed by atoms with van der Waals surface area (Å²) in [5, 5.41) is 1.05.